The molecule has 92 valence electrons. The molecule has 18 heavy (non-hydrogen) atoms. The highest BCUT2D eigenvalue weighted by molar-refractivity contribution is 7.98. The van der Waals surface area contributed by atoms with Crippen LogP contribution in [0.15, 0.2) is 35.7 Å². The number of aromatic nitrogens is 2. The molecular weight excluding hydrogens is 246 g/mol. The minimum Gasteiger partial charge on any atom is -0.496 e. The molecule has 0 amide bonds. The number of nitrogens with zero attached hydrogens (tertiary/aromatic N) is 3. The van der Waals surface area contributed by atoms with E-state index in [1.165, 1.54) is 0 Å². The number of methoxy groups -OCH3 is 1. The van der Waals surface area contributed by atoms with Gasteiger partial charge >= 0.3 is 0 Å². The topological polar surface area (TPSA) is 50.8 Å². The van der Waals surface area contributed by atoms with Crippen molar-refractivity contribution in [1.29, 1.82) is 5.26 Å². The Labute approximate surface area is 110 Å². The molecule has 4 nitrogen and oxygen atoms in total. The maximum absolute atomic E-state index is 8.91. The molecule has 2 aromatic rings. The van der Waals surface area contributed by atoms with E-state index in [4.69, 9.17) is 10.00 Å². The van der Waals surface area contributed by atoms with Crippen molar-refractivity contribution in [3.05, 3.63) is 41.7 Å². The Hall–Kier alpha value is -1.93. The molecule has 0 N–H and O–H groups in total. The van der Waals surface area contributed by atoms with Gasteiger partial charge in [-0.25, -0.2) is 4.98 Å². The van der Waals surface area contributed by atoms with Crippen LogP contribution in [0, 0.1) is 11.3 Å². The van der Waals surface area contributed by atoms with E-state index in [0.29, 0.717) is 5.56 Å². The van der Waals surface area contributed by atoms with Crippen molar-refractivity contribution in [2.45, 2.75) is 10.9 Å². The molecule has 0 aliphatic carbocycles. The van der Waals surface area contributed by atoms with E-state index in [2.05, 4.69) is 11.1 Å². The Morgan fingerprint density at radius 3 is 2.94 bits per heavy atom. The van der Waals surface area contributed by atoms with Crippen molar-refractivity contribution < 1.29 is 4.74 Å². The Bertz CT molecular complexity index is 586. The zero-order valence-electron chi connectivity index (χ0n) is 10.3. The van der Waals surface area contributed by atoms with Gasteiger partial charge in [0.1, 0.15) is 5.75 Å². The van der Waals surface area contributed by atoms with Crippen molar-refractivity contribution in [1.82, 2.24) is 9.55 Å². The number of hydrogen-bond acceptors (Lipinski definition) is 4. The molecule has 0 bridgehead atoms. The fourth-order valence-corrected chi connectivity index (χ4v) is 2.50. The van der Waals surface area contributed by atoms with Gasteiger partial charge in [-0.05, 0) is 18.2 Å². The molecule has 0 saturated carbocycles. The van der Waals surface area contributed by atoms with E-state index in [-0.39, 0.29) is 0 Å². The minimum atomic E-state index is 0.645. The predicted octanol–water partition coefficient (Wildman–Crippen LogP) is 2.59. The monoisotopic (exact) mass is 259 g/mol. The van der Waals surface area contributed by atoms with Crippen molar-refractivity contribution in [2.24, 2.45) is 7.05 Å². The maximum Gasteiger partial charge on any atom is 0.167 e. The average molecular weight is 259 g/mol. The van der Waals surface area contributed by atoms with Crippen LogP contribution in [0.1, 0.15) is 11.1 Å². The zero-order valence-corrected chi connectivity index (χ0v) is 11.1. The summed E-state index contributed by atoms with van der Waals surface area (Å²) in [5.41, 5.74) is 1.65. The summed E-state index contributed by atoms with van der Waals surface area (Å²) >= 11 is 1.62. The number of thioether (sulfide) groups is 1. The normalized spacial score (nSPS) is 10.1. The molecule has 1 aromatic heterocycles. The maximum atomic E-state index is 8.91. The smallest absolute Gasteiger partial charge is 0.167 e. The lowest BCUT2D eigenvalue weighted by Gasteiger charge is -2.08. The second-order valence-corrected chi connectivity index (χ2v) is 4.69. The van der Waals surface area contributed by atoms with Gasteiger partial charge in [-0.15, -0.1) is 0 Å². The van der Waals surface area contributed by atoms with E-state index in [1.54, 1.807) is 31.1 Å². The van der Waals surface area contributed by atoms with Crippen LogP contribution in [0.3, 0.4) is 0 Å². The predicted molar refractivity (Wildman–Crippen MR) is 70.5 cm³/mol. The van der Waals surface area contributed by atoms with Crippen LogP contribution in [0.5, 0.6) is 5.75 Å². The number of aryl methyl sites for hydroxylation is 1. The van der Waals surface area contributed by atoms with Gasteiger partial charge in [-0.1, -0.05) is 11.8 Å². The van der Waals surface area contributed by atoms with E-state index >= 15 is 0 Å². The summed E-state index contributed by atoms with van der Waals surface area (Å²) in [6.45, 7) is 0. The van der Waals surface area contributed by atoms with Gasteiger partial charge in [0.2, 0.25) is 0 Å². The van der Waals surface area contributed by atoms with E-state index < -0.39 is 0 Å². The zero-order chi connectivity index (χ0) is 13.0. The second kappa shape index (κ2) is 5.61. The summed E-state index contributed by atoms with van der Waals surface area (Å²) in [6, 6.07) is 7.58. The molecule has 0 aliphatic heterocycles. The van der Waals surface area contributed by atoms with Gasteiger partial charge in [-0.2, -0.15) is 5.26 Å². The summed E-state index contributed by atoms with van der Waals surface area (Å²) in [5.74, 6) is 1.53. The lowest BCUT2D eigenvalue weighted by atomic mass is 10.1. The minimum absolute atomic E-state index is 0.645. The van der Waals surface area contributed by atoms with Gasteiger partial charge in [0.05, 0.1) is 18.7 Å². The number of nitriles is 1. The van der Waals surface area contributed by atoms with Gasteiger partial charge in [0.25, 0.3) is 0 Å². The third-order valence-electron chi connectivity index (χ3n) is 2.54. The van der Waals surface area contributed by atoms with Crippen LogP contribution in [0.4, 0.5) is 0 Å². The molecule has 0 radical (unpaired) electrons. The van der Waals surface area contributed by atoms with Crippen LogP contribution in [-0.2, 0) is 12.8 Å². The highest BCUT2D eigenvalue weighted by atomic mass is 32.2. The van der Waals surface area contributed by atoms with Crippen molar-refractivity contribution in [3.63, 3.8) is 0 Å². The molecule has 0 saturated heterocycles. The molecule has 1 heterocycles. The van der Waals surface area contributed by atoms with Gasteiger partial charge in [0.15, 0.2) is 5.16 Å². The number of ether oxygens (including phenoxy) is 1. The Balaban J connectivity index is 2.18. The van der Waals surface area contributed by atoms with Crippen molar-refractivity contribution >= 4 is 11.8 Å². The SMILES string of the molecule is COc1ccc(C#N)cc1CSc1nccn1C. The Morgan fingerprint density at radius 1 is 1.50 bits per heavy atom. The molecule has 1 aromatic carbocycles. The first-order valence-corrected chi connectivity index (χ1v) is 6.40. The number of imidazole rings is 1. The average Bonchev–Trinajstić information content (AvgIpc) is 2.81. The first-order valence-electron chi connectivity index (χ1n) is 5.41. The highest BCUT2D eigenvalue weighted by Crippen LogP contribution is 2.27. The summed E-state index contributed by atoms with van der Waals surface area (Å²) in [6.07, 6.45) is 3.68. The first-order chi connectivity index (χ1) is 8.74. The van der Waals surface area contributed by atoms with Crippen LogP contribution in [0.2, 0.25) is 0 Å². The van der Waals surface area contributed by atoms with Crippen LogP contribution in [-0.4, -0.2) is 16.7 Å². The number of hydrogen-bond donors (Lipinski definition) is 0. The van der Waals surface area contributed by atoms with Gasteiger partial charge in [0, 0.05) is 30.8 Å². The van der Waals surface area contributed by atoms with Crippen LogP contribution in [0.25, 0.3) is 0 Å². The fraction of sp³-hybridized carbons (Fsp3) is 0.231. The third-order valence-corrected chi connectivity index (χ3v) is 3.65. The van der Waals surface area contributed by atoms with Crippen molar-refractivity contribution in [2.75, 3.05) is 7.11 Å². The largest absolute Gasteiger partial charge is 0.496 e. The van der Waals surface area contributed by atoms with E-state index in [0.717, 1.165) is 22.2 Å². The van der Waals surface area contributed by atoms with Gasteiger partial charge < -0.3 is 9.30 Å². The summed E-state index contributed by atoms with van der Waals surface area (Å²) in [4.78, 5) is 4.25. The number of benzene rings is 1. The molecule has 5 heteroatoms. The second-order valence-electron chi connectivity index (χ2n) is 3.75. The number of rotatable bonds is 4. The molecule has 0 aliphatic rings. The lowest BCUT2D eigenvalue weighted by Crippen LogP contribution is -1.94. The Kier molecular flexibility index (Phi) is 3.90. The van der Waals surface area contributed by atoms with E-state index in [1.807, 2.05) is 29.9 Å². The lowest BCUT2D eigenvalue weighted by molar-refractivity contribution is 0.411. The summed E-state index contributed by atoms with van der Waals surface area (Å²) in [7, 11) is 3.59. The molecular formula is C13H13N3OS. The molecule has 0 fully saturated rings. The highest BCUT2D eigenvalue weighted by Gasteiger charge is 2.07. The Morgan fingerprint density at radius 2 is 2.33 bits per heavy atom. The van der Waals surface area contributed by atoms with Crippen LogP contribution >= 0.6 is 11.8 Å². The van der Waals surface area contributed by atoms with Crippen molar-refractivity contribution in [3.8, 4) is 11.8 Å². The first kappa shape index (κ1) is 12.5. The molecule has 0 unspecified atom stereocenters. The molecule has 0 spiro atoms. The third kappa shape index (κ3) is 2.66. The molecule has 2 rings (SSSR count). The summed E-state index contributed by atoms with van der Waals surface area (Å²) < 4.78 is 7.26. The molecule has 0 atom stereocenters. The standard InChI is InChI=1S/C13H13N3OS/c1-16-6-5-15-13(16)18-9-11-7-10(8-14)3-4-12(11)17-2/h3-7H,9H2,1-2H3. The van der Waals surface area contributed by atoms with E-state index in [9.17, 15) is 0 Å². The quantitative estimate of drug-likeness (QED) is 0.792. The summed E-state index contributed by atoms with van der Waals surface area (Å²) in [5, 5.41) is 9.85. The fourth-order valence-electron chi connectivity index (χ4n) is 1.59. The van der Waals surface area contributed by atoms with Gasteiger partial charge in [-0.3, -0.25) is 0 Å². The van der Waals surface area contributed by atoms with Crippen LogP contribution < -0.4 is 4.74 Å².